The zero-order valence-electron chi connectivity index (χ0n) is 17.0. The number of nitrogens with zero attached hydrogens (tertiary/aromatic N) is 4. The molecule has 2 heterocycles. The summed E-state index contributed by atoms with van der Waals surface area (Å²) < 4.78 is 5.53. The molecule has 0 unspecified atom stereocenters. The molecule has 3 aromatic rings. The first-order valence-corrected chi connectivity index (χ1v) is 10.1. The zero-order valence-corrected chi connectivity index (χ0v) is 17.0. The summed E-state index contributed by atoms with van der Waals surface area (Å²) in [6, 6.07) is 20.2. The smallest absolute Gasteiger partial charge is 0.229 e. The van der Waals surface area contributed by atoms with Crippen molar-refractivity contribution < 1.29 is 4.74 Å². The Morgan fingerprint density at radius 3 is 2.34 bits per heavy atom. The largest absolute Gasteiger partial charge is 0.494 e. The van der Waals surface area contributed by atoms with Crippen LogP contribution in [0.5, 0.6) is 5.75 Å². The Morgan fingerprint density at radius 1 is 0.931 bits per heavy atom. The quantitative estimate of drug-likeness (QED) is 0.687. The van der Waals surface area contributed by atoms with E-state index in [2.05, 4.69) is 40.4 Å². The molecule has 4 rings (SSSR count). The fourth-order valence-corrected chi connectivity index (χ4v) is 3.37. The van der Waals surface area contributed by atoms with Gasteiger partial charge in [-0.25, -0.2) is 4.98 Å². The van der Waals surface area contributed by atoms with Crippen LogP contribution < -0.4 is 15.0 Å². The lowest BCUT2D eigenvalue weighted by Gasteiger charge is -2.33. The van der Waals surface area contributed by atoms with Gasteiger partial charge in [0.1, 0.15) is 11.6 Å². The Bertz CT molecular complexity index is 922. The summed E-state index contributed by atoms with van der Waals surface area (Å²) in [5, 5.41) is 3.36. The third kappa shape index (κ3) is 4.84. The van der Waals surface area contributed by atoms with Crippen molar-refractivity contribution in [3.63, 3.8) is 0 Å². The summed E-state index contributed by atoms with van der Waals surface area (Å²) in [6.07, 6.45) is 0. The topological polar surface area (TPSA) is 53.5 Å². The highest BCUT2D eigenvalue weighted by Gasteiger charge is 2.17. The second-order valence-corrected chi connectivity index (χ2v) is 7.17. The second-order valence-electron chi connectivity index (χ2n) is 7.17. The first-order valence-electron chi connectivity index (χ1n) is 10.1. The number of benzene rings is 2. The molecule has 6 heteroatoms. The van der Waals surface area contributed by atoms with Crippen LogP contribution in [0.1, 0.15) is 6.92 Å². The lowest BCUT2D eigenvalue weighted by atomic mass is 10.1. The highest BCUT2D eigenvalue weighted by atomic mass is 16.5. The Morgan fingerprint density at radius 2 is 1.66 bits per heavy atom. The van der Waals surface area contributed by atoms with Crippen LogP contribution in [0.2, 0.25) is 0 Å². The molecule has 6 nitrogen and oxygen atoms in total. The van der Waals surface area contributed by atoms with E-state index < -0.39 is 0 Å². The monoisotopic (exact) mass is 389 g/mol. The number of rotatable bonds is 6. The van der Waals surface area contributed by atoms with Gasteiger partial charge >= 0.3 is 0 Å². The minimum absolute atomic E-state index is 0.601. The number of piperazine rings is 1. The van der Waals surface area contributed by atoms with Crippen molar-refractivity contribution in [3.05, 3.63) is 60.7 Å². The third-order valence-corrected chi connectivity index (χ3v) is 5.03. The van der Waals surface area contributed by atoms with Crippen LogP contribution in [0.4, 0.5) is 17.5 Å². The summed E-state index contributed by atoms with van der Waals surface area (Å²) >= 11 is 0. The predicted octanol–water partition coefficient (Wildman–Crippen LogP) is 4.04. The zero-order chi connectivity index (χ0) is 20.1. The van der Waals surface area contributed by atoms with Gasteiger partial charge in [0.2, 0.25) is 5.95 Å². The average molecular weight is 390 g/mol. The normalized spacial score (nSPS) is 14.6. The fraction of sp³-hybridized carbons (Fsp3) is 0.304. The molecule has 2 aromatic carbocycles. The van der Waals surface area contributed by atoms with E-state index in [1.54, 1.807) is 0 Å². The van der Waals surface area contributed by atoms with Crippen molar-refractivity contribution in [1.29, 1.82) is 0 Å². The molecule has 0 radical (unpaired) electrons. The highest BCUT2D eigenvalue weighted by Crippen LogP contribution is 2.26. The van der Waals surface area contributed by atoms with Gasteiger partial charge in [0.05, 0.1) is 12.3 Å². The lowest BCUT2D eigenvalue weighted by molar-refractivity contribution is 0.312. The van der Waals surface area contributed by atoms with E-state index in [0.717, 1.165) is 54.7 Å². The lowest BCUT2D eigenvalue weighted by Crippen LogP contribution is -2.44. The van der Waals surface area contributed by atoms with Crippen LogP contribution in [0, 0.1) is 0 Å². The first-order chi connectivity index (χ1) is 14.2. The molecule has 1 aliphatic heterocycles. The average Bonchev–Trinajstić information content (AvgIpc) is 2.76. The summed E-state index contributed by atoms with van der Waals surface area (Å²) in [5.41, 5.74) is 2.94. The Hall–Kier alpha value is -3.12. The molecule has 1 aliphatic rings. The number of nitrogens with one attached hydrogen (secondary N) is 1. The van der Waals surface area contributed by atoms with Gasteiger partial charge in [0.25, 0.3) is 0 Å². The van der Waals surface area contributed by atoms with Crippen molar-refractivity contribution in [2.75, 3.05) is 50.1 Å². The summed E-state index contributed by atoms with van der Waals surface area (Å²) in [4.78, 5) is 14.3. The van der Waals surface area contributed by atoms with Crippen molar-refractivity contribution in [1.82, 2.24) is 14.9 Å². The molecule has 0 amide bonds. The van der Waals surface area contributed by atoms with Crippen molar-refractivity contribution in [3.8, 4) is 17.0 Å². The highest BCUT2D eigenvalue weighted by molar-refractivity contribution is 5.66. The van der Waals surface area contributed by atoms with Crippen molar-refractivity contribution >= 4 is 17.5 Å². The number of ether oxygens (including phenoxy) is 1. The molecule has 0 saturated carbocycles. The maximum absolute atomic E-state index is 5.53. The van der Waals surface area contributed by atoms with Gasteiger partial charge in [-0.15, -0.1) is 0 Å². The van der Waals surface area contributed by atoms with Gasteiger partial charge in [-0.05, 0) is 38.2 Å². The number of anilines is 3. The summed E-state index contributed by atoms with van der Waals surface area (Å²) in [5.74, 6) is 2.42. The molecule has 1 saturated heterocycles. The SMILES string of the molecule is CCOc1ccc(Nc2nc(-c3ccccc3)cc(N3CCN(C)CC3)n2)cc1. The van der Waals surface area contributed by atoms with Gasteiger partial charge in [0.15, 0.2) is 0 Å². The van der Waals surface area contributed by atoms with E-state index >= 15 is 0 Å². The van der Waals surface area contributed by atoms with Crippen LogP contribution in [-0.2, 0) is 0 Å². The predicted molar refractivity (Wildman–Crippen MR) is 118 cm³/mol. The van der Waals surface area contributed by atoms with Crippen LogP contribution in [-0.4, -0.2) is 54.7 Å². The maximum atomic E-state index is 5.53. The molecule has 0 atom stereocenters. The fourth-order valence-electron chi connectivity index (χ4n) is 3.37. The molecule has 29 heavy (non-hydrogen) atoms. The molecule has 0 spiro atoms. The molecule has 0 aliphatic carbocycles. The first kappa shape index (κ1) is 19.2. The van der Waals surface area contributed by atoms with Gasteiger partial charge < -0.3 is 19.9 Å². The minimum atomic E-state index is 0.601. The molecule has 1 fully saturated rings. The molecule has 0 bridgehead atoms. The molecule has 150 valence electrons. The molecule has 1 N–H and O–H groups in total. The van der Waals surface area contributed by atoms with E-state index in [-0.39, 0.29) is 0 Å². The van der Waals surface area contributed by atoms with E-state index in [9.17, 15) is 0 Å². The van der Waals surface area contributed by atoms with E-state index in [1.807, 2.05) is 49.4 Å². The maximum Gasteiger partial charge on any atom is 0.229 e. The van der Waals surface area contributed by atoms with E-state index in [4.69, 9.17) is 14.7 Å². The minimum Gasteiger partial charge on any atom is -0.494 e. The summed E-state index contributed by atoms with van der Waals surface area (Å²) in [7, 11) is 2.16. The second kappa shape index (κ2) is 8.92. The van der Waals surface area contributed by atoms with Crippen molar-refractivity contribution in [2.24, 2.45) is 0 Å². The van der Waals surface area contributed by atoms with Crippen LogP contribution in [0.3, 0.4) is 0 Å². The molecular formula is C23H27N5O. The Kier molecular flexibility index (Phi) is 5.91. The number of hydrogen-bond acceptors (Lipinski definition) is 6. The molecule has 1 aromatic heterocycles. The van der Waals surface area contributed by atoms with Crippen molar-refractivity contribution in [2.45, 2.75) is 6.92 Å². The Labute approximate surface area is 172 Å². The van der Waals surface area contributed by atoms with E-state index in [0.29, 0.717) is 12.6 Å². The van der Waals surface area contributed by atoms with Gasteiger partial charge in [-0.1, -0.05) is 30.3 Å². The van der Waals surface area contributed by atoms with Crippen LogP contribution >= 0.6 is 0 Å². The van der Waals surface area contributed by atoms with Crippen LogP contribution in [0.25, 0.3) is 11.3 Å². The third-order valence-electron chi connectivity index (χ3n) is 5.03. The van der Waals surface area contributed by atoms with Gasteiger partial charge in [-0.3, -0.25) is 0 Å². The number of aromatic nitrogens is 2. The van der Waals surface area contributed by atoms with E-state index in [1.165, 1.54) is 0 Å². The number of hydrogen-bond donors (Lipinski definition) is 1. The van der Waals surface area contributed by atoms with Gasteiger partial charge in [-0.2, -0.15) is 4.98 Å². The van der Waals surface area contributed by atoms with Gasteiger partial charge in [0, 0.05) is 43.5 Å². The molecular weight excluding hydrogens is 362 g/mol. The van der Waals surface area contributed by atoms with Crippen LogP contribution in [0.15, 0.2) is 60.7 Å². The Balaban J connectivity index is 1.64. The number of likely N-dealkylation sites (N-methyl/N-ethyl adjacent to an activating group) is 1. The standard InChI is InChI=1S/C23H27N5O/c1-3-29-20-11-9-19(10-12-20)24-23-25-21(18-7-5-4-6-8-18)17-22(26-23)28-15-13-27(2)14-16-28/h4-12,17H,3,13-16H2,1-2H3,(H,24,25,26). The summed E-state index contributed by atoms with van der Waals surface area (Å²) in [6.45, 7) is 6.63.